The third-order valence-electron chi connectivity index (χ3n) is 4.70. The standard InChI is InChI=1S/C22H24O4P/c1-24-17-10-4-7-13-20(17)27(16-23,21-14-8-5-11-18(21)25-2)22-15-9-6-12-19(22)26-3/h4-15,23H,16H2,1-3H3/q+1. The second-order valence-corrected chi connectivity index (χ2v) is 9.31. The van der Waals surface area contributed by atoms with Crippen LogP contribution in [0.5, 0.6) is 17.2 Å². The van der Waals surface area contributed by atoms with Gasteiger partial charge in [-0.05, 0) is 36.4 Å². The predicted octanol–water partition coefficient (Wildman–Crippen LogP) is 2.96. The third-order valence-corrected chi connectivity index (χ3v) is 8.70. The summed E-state index contributed by atoms with van der Waals surface area (Å²) in [6, 6.07) is 23.5. The number of hydrogen-bond acceptors (Lipinski definition) is 4. The van der Waals surface area contributed by atoms with E-state index in [9.17, 15) is 5.11 Å². The minimum absolute atomic E-state index is 0.0753. The first-order valence-corrected chi connectivity index (χ1v) is 10.6. The number of ether oxygens (including phenoxy) is 3. The van der Waals surface area contributed by atoms with Crippen LogP contribution >= 0.6 is 7.26 Å². The molecule has 1 N–H and O–H groups in total. The SMILES string of the molecule is COc1ccccc1[P+](CO)(c1ccccc1OC)c1ccccc1OC. The molecule has 3 aromatic carbocycles. The van der Waals surface area contributed by atoms with E-state index in [1.807, 2.05) is 72.8 Å². The van der Waals surface area contributed by atoms with Gasteiger partial charge in [-0.3, -0.25) is 0 Å². The van der Waals surface area contributed by atoms with Crippen LogP contribution in [-0.4, -0.2) is 32.8 Å². The number of benzene rings is 3. The lowest BCUT2D eigenvalue weighted by Crippen LogP contribution is -2.35. The van der Waals surface area contributed by atoms with E-state index < -0.39 is 7.26 Å². The molecule has 0 aliphatic rings. The van der Waals surface area contributed by atoms with Crippen LogP contribution in [0.4, 0.5) is 0 Å². The monoisotopic (exact) mass is 383 g/mol. The van der Waals surface area contributed by atoms with E-state index in [2.05, 4.69) is 0 Å². The number of aliphatic hydroxyl groups is 1. The Hall–Kier alpha value is -2.55. The second kappa shape index (κ2) is 8.43. The van der Waals surface area contributed by atoms with Gasteiger partial charge in [0, 0.05) is 0 Å². The molecule has 5 heteroatoms. The molecule has 3 aromatic rings. The first-order valence-electron chi connectivity index (χ1n) is 8.62. The van der Waals surface area contributed by atoms with Gasteiger partial charge >= 0.3 is 0 Å². The van der Waals surface area contributed by atoms with E-state index in [0.717, 1.165) is 33.2 Å². The molecule has 0 heterocycles. The Morgan fingerprint density at radius 3 is 1.15 bits per heavy atom. The van der Waals surface area contributed by atoms with Gasteiger partial charge in [0.2, 0.25) is 0 Å². The van der Waals surface area contributed by atoms with Crippen LogP contribution in [0.25, 0.3) is 0 Å². The maximum absolute atomic E-state index is 10.9. The summed E-state index contributed by atoms with van der Waals surface area (Å²) < 4.78 is 17.0. The van der Waals surface area contributed by atoms with E-state index in [1.54, 1.807) is 21.3 Å². The van der Waals surface area contributed by atoms with Crippen molar-refractivity contribution in [3.05, 3.63) is 72.8 Å². The van der Waals surface area contributed by atoms with E-state index in [-0.39, 0.29) is 6.35 Å². The van der Waals surface area contributed by atoms with Crippen LogP contribution in [0.15, 0.2) is 72.8 Å². The lowest BCUT2D eigenvalue weighted by atomic mass is 10.3. The molecule has 0 aliphatic carbocycles. The maximum Gasteiger partial charge on any atom is 0.168 e. The molecule has 0 fully saturated rings. The van der Waals surface area contributed by atoms with E-state index >= 15 is 0 Å². The second-order valence-electron chi connectivity index (χ2n) is 5.97. The normalized spacial score (nSPS) is 11.1. The van der Waals surface area contributed by atoms with Crippen molar-refractivity contribution in [1.29, 1.82) is 0 Å². The van der Waals surface area contributed by atoms with Crippen molar-refractivity contribution in [3.63, 3.8) is 0 Å². The van der Waals surface area contributed by atoms with Crippen molar-refractivity contribution in [3.8, 4) is 17.2 Å². The Balaban J connectivity index is 2.45. The van der Waals surface area contributed by atoms with Gasteiger partial charge in [-0.2, -0.15) is 0 Å². The van der Waals surface area contributed by atoms with E-state index in [1.165, 1.54) is 0 Å². The molecule has 0 amide bonds. The first kappa shape index (κ1) is 19.2. The Morgan fingerprint density at radius 2 is 0.889 bits per heavy atom. The van der Waals surface area contributed by atoms with Crippen molar-refractivity contribution in [2.45, 2.75) is 0 Å². The molecule has 0 atom stereocenters. The summed E-state index contributed by atoms with van der Waals surface area (Å²) in [5.41, 5.74) is 0. The highest BCUT2D eigenvalue weighted by Crippen LogP contribution is 2.59. The smallest absolute Gasteiger partial charge is 0.168 e. The molecule has 0 radical (unpaired) electrons. The summed E-state index contributed by atoms with van der Waals surface area (Å²) in [6.45, 7) is 0. The van der Waals surface area contributed by atoms with Gasteiger partial charge in [-0.1, -0.05) is 36.4 Å². The molecule has 4 nitrogen and oxygen atoms in total. The molecule has 0 unspecified atom stereocenters. The first-order chi connectivity index (χ1) is 13.2. The summed E-state index contributed by atoms with van der Waals surface area (Å²) in [5, 5.41) is 13.7. The number of para-hydroxylation sites is 3. The maximum atomic E-state index is 10.9. The van der Waals surface area contributed by atoms with Gasteiger partial charge < -0.3 is 19.3 Å². The Morgan fingerprint density at radius 1 is 0.593 bits per heavy atom. The van der Waals surface area contributed by atoms with Crippen molar-refractivity contribution in [2.24, 2.45) is 0 Å². The average Bonchev–Trinajstić information content (AvgIpc) is 2.75. The molecule has 3 rings (SSSR count). The number of hydrogen-bond donors (Lipinski definition) is 1. The fourth-order valence-corrected chi connectivity index (χ4v) is 7.34. The quantitative estimate of drug-likeness (QED) is 0.638. The van der Waals surface area contributed by atoms with Crippen molar-refractivity contribution < 1.29 is 19.3 Å². The third kappa shape index (κ3) is 3.27. The number of methoxy groups -OCH3 is 3. The molecule has 0 spiro atoms. The Bertz CT molecular complexity index is 794. The lowest BCUT2D eigenvalue weighted by molar-refractivity contribution is 0.369. The minimum atomic E-state index is -2.52. The molecule has 0 aliphatic heterocycles. The molecule has 0 saturated heterocycles. The van der Waals surface area contributed by atoms with Gasteiger partial charge in [-0.25, -0.2) is 0 Å². The summed E-state index contributed by atoms with van der Waals surface area (Å²) in [4.78, 5) is 0. The summed E-state index contributed by atoms with van der Waals surface area (Å²) in [6.07, 6.45) is -0.0753. The van der Waals surface area contributed by atoms with Gasteiger partial charge in [0.25, 0.3) is 0 Å². The molecule has 27 heavy (non-hydrogen) atoms. The number of rotatable bonds is 7. The minimum Gasteiger partial charge on any atom is -0.493 e. The highest BCUT2D eigenvalue weighted by Gasteiger charge is 2.51. The molecule has 0 bridgehead atoms. The van der Waals surface area contributed by atoms with Gasteiger partial charge in [0.1, 0.15) is 23.2 Å². The molecule has 0 saturated carbocycles. The van der Waals surface area contributed by atoms with Crippen molar-refractivity contribution in [1.82, 2.24) is 0 Å². The van der Waals surface area contributed by atoms with Crippen molar-refractivity contribution in [2.75, 3.05) is 27.7 Å². The highest BCUT2D eigenvalue weighted by atomic mass is 31.2. The van der Waals surface area contributed by atoms with Crippen LogP contribution in [-0.2, 0) is 0 Å². The lowest BCUT2D eigenvalue weighted by Gasteiger charge is -2.28. The van der Waals surface area contributed by atoms with Crippen LogP contribution in [0.2, 0.25) is 0 Å². The molecular formula is C22H24O4P+. The van der Waals surface area contributed by atoms with Gasteiger partial charge in [0.15, 0.2) is 23.6 Å². The fourth-order valence-electron chi connectivity index (χ4n) is 3.45. The predicted molar refractivity (Wildman–Crippen MR) is 112 cm³/mol. The largest absolute Gasteiger partial charge is 0.493 e. The van der Waals surface area contributed by atoms with Crippen LogP contribution in [0, 0.1) is 0 Å². The van der Waals surface area contributed by atoms with E-state index in [0.29, 0.717) is 0 Å². The summed E-state index contributed by atoms with van der Waals surface area (Å²) in [7, 11) is 2.43. The fraction of sp³-hybridized carbons (Fsp3) is 0.182. The Kier molecular flexibility index (Phi) is 6.00. The van der Waals surface area contributed by atoms with Gasteiger partial charge in [-0.15, -0.1) is 0 Å². The van der Waals surface area contributed by atoms with Crippen molar-refractivity contribution >= 4 is 23.2 Å². The highest BCUT2D eigenvalue weighted by molar-refractivity contribution is 7.96. The molecular weight excluding hydrogens is 359 g/mol. The zero-order chi connectivity index (χ0) is 19.3. The number of aliphatic hydroxyl groups excluding tert-OH is 1. The van der Waals surface area contributed by atoms with Crippen LogP contribution < -0.4 is 30.1 Å². The Labute approximate surface area is 160 Å². The van der Waals surface area contributed by atoms with Gasteiger partial charge in [0.05, 0.1) is 21.3 Å². The summed E-state index contributed by atoms with van der Waals surface area (Å²) in [5.74, 6) is 2.20. The van der Waals surface area contributed by atoms with Crippen LogP contribution in [0.3, 0.4) is 0 Å². The zero-order valence-corrected chi connectivity index (χ0v) is 16.6. The zero-order valence-electron chi connectivity index (χ0n) is 15.8. The van der Waals surface area contributed by atoms with Crippen LogP contribution in [0.1, 0.15) is 0 Å². The van der Waals surface area contributed by atoms with E-state index in [4.69, 9.17) is 14.2 Å². The molecule has 0 aromatic heterocycles. The molecule has 140 valence electrons. The summed E-state index contributed by atoms with van der Waals surface area (Å²) >= 11 is 0. The average molecular weight is 383 g/mol. The topological polar surface area (TPSA) is 47.9 Å².